The van der Waals surface area contributed by atoms with Gasteiger partial charge in [0, 0.05) is 31.4 Å². The number of rotatable bonds is 2. The second kappa shape index (κ2) is 4.03. The predicted octanol–water partition coefficient (Wildman–Crippen LogP) is 0.132. The molecular formula is C13H15N3O3. The van der Waals surface area contributed by atoms with Gasteiger partial charge in [-0.25, -0.2) is 4.79 Å². The lowest BCUT2D eigenvalue weighted by Gasteiger charge is -2.38. The molecule has 0 aliphatic carbocycles. The molecule has 0 spiro atoms. The van der Waals surface area contributed by atoms with E-state index >= 15 is 0 Å². The molecule has 1 saturated heterocycles. The SMILES string of the molecule is Cn1c(=O)n(CC2(C)COC2)c(=O)c2cnccc21. The summed E-state index contributed by atoms with van der Waals surface area (Å²) in [5.41, 5.74) is -0.0984. The van der Waals surface area contributed by atoms with Crippen LogP contribution >= 0.6 is 0 Å². The Kier molecular flexibility index (Phi) is 2.56. The number of aromatic nitrogens is 3. The maximum atomic E-state index is 12.4. The van der Waals surface area contributed by atoms with Crippen LogP contribution in [0.25, 0.3) is 10.9 Å². The predicted molar refractivity (Wildman–Crippen MR) is 70.2 cm³/mol. The van der Waals surface area contributed by atoms with Gasteiger partial charge in [0.25, 0.3) is 5.56 Å². The van der Waals surface area contributed by atoms with Crippen LogP contribution in [-0.4, -0.2) is 27.3 Å². The minimum atomic E-state index is -0.295. The Labute approximate surface area is 109 Å². The van der Waals surface area contributed by atoms with Crippen LogP contribution in [0.5, 0.6) is 0 Å². The monoisotopic (exact) mass is 261 g/mol. The highest BCUT2D eigenvalue weighted by Crippen LogP contribution is 2.27. The lowest BCUT2D eigenvalue weighted by atomic mass is 9.88. The van der Waals surface area contributed by atoms with Crippen LogP contribution < -0.4 is 11.2 Å². The Hall–Kier alpha value is -1.95. The van der Waals surface area contributed by atoms with Crippen LogP contribution in [-0.2, 0) is 18.3 Å². The molecule has 0 aromatic carbocycles. The average molecular weight is 261 g/mol. The summed E-state index contributed by atoms with van der Waals surface area (Å²) in [5, 5.41) is 0.466. The van der Waals surface area contributed by atoms with Gasteiger partial charge in [-0.2, -0.15) is 0 Å². The third-order valence-corrected chi connectivity index (χ3v) is 3.59. The highest BCUT2D eigenvalue weighted by molar-refractivity contribution is 5.76. The van der Waals surface area contributed by atoms with Gasteiger partial charge in [0.1, 0.15) is 0 Å². The number of ether oxygens (including phenoxy) is 1. The molecule has 0 atom stereocenters. The zero-order chi connectivity index (χ0) is 13.6. The second-order valence-electron chi connectivity index (χ2n) is 5.43. The number of hydrogen-bond donors (Lipinski definition) is 0. The average Bonchev–Trinajstić information content (AvgIpc) is 2.39. The van der Waals surface area contributed by atoms with E-state index in [4.69, 9.17) is 4.74 Å². The Morgan fingerprint density at radius 1 is 1.42 bits per heavy atom. The first-order valence-electron chi connectivity index (χ1n) is 6.13. The first kappa shape index (κ1) is 12.1. The van der Waals surface area contributed by atoms with E-state index in [9.17, 15) is 9.59 Å². The number of aryl methyl sites for hydroxylation is 1. The van der Waals surface area contributed by atoms with E-state index in [-0.39, 0.29) is 16.7 Å². The van der Waals surface area contributed by atoms with Crippen molar-refractivity contribution in [3.63, 3.8) is 0 Å². The summed E-state index contributed by atoms with van der Waals surface area (Å²) in [5.74, 6) is 0. The van der Waals surface area contributed by atoms with Gasteiger partial charge >= 0.3 is 5.69 Å². The van der Waals surface area contributed by atoms with Crippen molar-refractivity contribution in [2.24, 2.45) is 12.5 Å². The molecule has 1 aliphatic heterocycles. The molecule has 3 heterocycles. The molecule has 0 bridgehead atoms. The van der Waals surface area contributed by atoms with Gasteiger partial charge in [-0.1, -0.05) is 6.92 Å². The van der Waals surface area contributed by atoms with Crippen molar-refractivity contribution in [3.05, 3.63) is 39.3 Å². The van der Waals surface area contributed by atoms with Crippen molar-refractivity contribution in [1.29, 1.82) is 0 Å². The van der Waals surface area contributed by atoms with Gasteiger partial charge < -0.3 is 4.74 Å². The molecule has 6 nitrogen and oxygen atoms in total. The third kappa shape index (κ3) is 1.79. The summed E-state index contributed by atoms with van der Waals surface area (Å²) in [6.45, 7) is 3.54. The van der Waals surface area contributed by atoms with Crippen LogP contribution in [0.4, 0.5) is 0 Å². The van der Waals surface area contributed by atoms with Crippen LogP contribution in [0.2, 0.25) is 0 Å². The number of hydrogen-bond acceptors (Lipinski definition) is 4. The molecule has 3 rings (SSSR count). The van der Waals surface area contributed by atoms with Crippen LogP contribution in [0.3, 0.4) is 0 Å². The van der Waals surface area contributed by atoms with E-state index in [1.165, 1.54) is 15.3 Å². The van der Waals surface area contributed by atoms with Crippen LogP contribution in [0, 0.1) is 5.41 Å². The van der Waals surface area contributed by atoms with Crippen LogP contribution in [0.1, 0.15) is 6.92 Å². The molecule has 0 radical (unpaired) electrons. The minimum Gasteiger partial charge on any atom is -0.380 e. The lowest BCUT2D eigenvalue weighted by molar-refractivity contribution is -0.111. The normalized spacial score (nSPS) is 17.4. The summed E-state index contributed by atoms with van der Waals surface area (Å²) in [7, 11) is 1.67. The quantitative estimate of drug-likeness (QED) is 0.771. The maximum Gasteiger partial charge on any atom is 0.331 e. The Morgan fingerprint density at radius 3 is 2.79 bits per heavy atom. The smallest absolute Gasteiger partial charge is 0.331 e. The first-order chi connectivity index (χ1) is 9.02. The van der Waals surface area contributed by atoms with Gasteiger partial charge in [0.2, 0.25) is 0 Å². The molecule has 0 amide bonds. The Balaban J connectivity index is 2.25. The summed E-state index contributed by atoms with van der Waals surface area (Å²) in [6.07, 6.45) is 3.08. The van der Waals surface area contributed by atoms with E-state index in [1.54, 1.807) is 19.3 Å². The van der Waals surface area contributed by atoms with Crippen molar-refractivity contribution in [2.75, 3.05) is 13.2 Å². The molecule has 1 fully saturated rings. The molecule has 100 valence electrons. The molecular weight excluding hydrogens is 246 g/mol. The molecule has 6 heteroatoms. The molecule has 0 saturated carbocycles. The number of nitrogens with zero attached hydrogens (tertiary/aromatic N) is 3. The van der Waals surface area contributed by atoms with E-state index in [1.807, 2.05) is 6.92 Å². The highest BCUT2D eigenvalue weighted by Gasteiger charge is 2.35. The van der Waals surface area contributed by atoms with E-state index in [0.717, 1.165) is 0 Å². The van der Waals surface area contributed by atoms with Gasteiger partial charge in [0.05, 0.1) is 24.1 Å². The molecule has 2 aromatic heterocycles. The van der Waals surface area contributed by atoms with Crippen LogP contribution in [0.15, 0.2) is 28.0 Å². The summed E-state index contributed by atoms with van der Waals surface area (Å²) < 4.78 is 7.94. The zero-order valence-electron chi connectivity index (χ0n) is 10.9. The van der Waals surface area contributed by atoms with Crippen molar-refractivity contribution < 1.29 is 4.74 Å². The highest BCUT2D eigenvalue weighted by atomic mass is 16.5. The summed E-state index contributed by atoms with van der Waals surface area (Å²) in [6, 6.07) is 1.68. The fourth-order valence-corrected chi connectivity index (χ4v) is 2.42. The van der Waals surface area contributed by atoms with E-state index in [2.05, 4.69) is 4.98 Å². The van der Waals surface area contributed by atoms with Crippen molar-refractivity contribution in [3.8, 4) is 0 Å². The van der Waals surface area contributed by atoms with Gasteiger partial charge in [-0.15, -0.1) is 0 Å². The van der Waals surface area contributed by atoms with Gasteiger partial charge in [-0.3, -0.25) is 18.9 Å². The van der Waals surface area contributed by atoms with Crippen molar-refractivity contribution >= 4 is 10.9 Å². The first-order valence-corrected chi connectivity index (χ1v) is 6.13. The van der Waals surface area contributed by atoms with Crippen molar-refractivity contribution in [2.45, 2.75) is 13.5 Å². The summed E-state index contributed by atoms with van der Waals surface area (Å²) in [4.78, 5) is 28.6. The summed E-state index contributed by atoms with van der Waals surface area (Å²) >= 11 is 0. The molecule has 1 aliphatic rings. The van der Waals surface area contributed by atoms with Crippen molar-refractivity contribution in [1.82, 2.24) is 14.1 Å². The van der Waals surface area contributed by atoms with E-state index in [0.29, 0.717) is 30.7 Å². The number of pyridine rings is 1. The lowest BCUT2D eigenvalue weighted by Crippen LogP contribution is -2.49. The Bertz CT molecular complexity index is 756. The fraction of sp³-hybridized carbons (Fsp3) is 0.462. The molecule has 0 unspecified atom stereocenters. The maximum absolute atomic E-state index is 12.4. The minimum absolute atomic E-state index is 0.133. The fourth-order valence-electron chi connectivity index (χ4n) is 2.42. The van der Waals surface area contributed by atoms with Gasteiger partial charge in [0.15, 0.2) is 0 Å². The second-order valence-corrected chi connectivity index (χ2v) is 5.43. The number of fused-ring (bicyclic) bond motifs is 1. The van der Waals surface area contributed by atoms with E-state index < -0.39 is 0 Å². The standard InChI is InChI=1S/C13H15N3O3/c1-13(7-19-8-13)6-16-11(17)9-5-14-4-3-10(9)15(2)12(16)18/h3-5H,6-8H2,1-2H3. The molecule has 0 N–H and O–H groups in total. The van der Waals surface area contributed by atoms with Gasteiger partial charge in [-0.05, 0) is 6.07 Å². The molecule has 19 heavy (non-hydrogen) atoms. The third-order valence-electron chi connectivity index (χ3n) is 3.59. The zero-order valence-corrected chi connectivity index (χ0v) is 10.9. The Morgan fingerprint density at radius 2 is 2.16 bits per heavy atom. The topological polar surface area (TPSA) is 66.1 Å². The largest absolute Gasteiger partial charge is 0.380 e. The molecule has 2 aromatic rings.